The number of hydrogen-bond donors (Lipinski definition) is 10. The monoisotopic (exact) mass is 608 g/mol. The van der Waals surface area contributed by atoms with Crippen LogP contribution >= 0.6 is 0 Å². The minimum absolute atomic E-state index is 0.0645. The third-order valence-corrected chi connectivity index (χ3v) is 7.92. The first-order chi connectivity index (χ1) is 20.4. The molecule has 0 aliphatic carbocycles. The summed E-state index contributed by atoms with van der Waals surface area (Å²) < 4.78 is 22.3. The van der Waals surface area contributed by atoms with Crippen molar-refractivity contribution >= 4 is 11.0 Å². The van der Waals surface area contributed by atoms with E-state index < -0.39 is 113 Å². The molecule has 5 rings (SSSR count). The molecule has 234 valence electrons. The topological polar surface area (TPSA) is 260 Å². The van der Waals surface area contributed by atoms with Crippen molar-refractivity contribution in [3.05, 3.63) is 51.7 Å². The third kappa shape index (κ3) is 5.12. The van der Waals surface area contributed by atoms with Gasteiger partial charge in [0.1, 0.15) is 89.4 Å². The van der Waals surface area contributed by atoms with Crippen LogP contribution in [0.15, 0.2) is 39.5 Å². The molecule has 0 radical (unpaired) electrons. The van der Waals surface area contributed by atoms with Crippen LogP contribution in [0, 0.1) is 0 Å². The number of fused-ring (bicyclic) bond motifs is 1. The molecular formula is C28H32O15. The maximum atomic E-state index is 13.5. The molecule has 1 aromatic heterocycles. The molecule has 10 atom stereocenters. The molecule has 2 aliphatic rings. The average molecular weight is 609 g/mol. The van der Waals surface area contributed by atoms with E-state index in [2.05, 4.69) is 0 Å². The number of benzene rings is 2. The summed E-state index contributed by atoms with van der Waals surface area (Å²) in [4.78, 5) is 13.5. The zero-order valence-electron chi connectivity index (χ0n) is 22.6. The highest BCUT2D eigenvalue weighted by atomic mass is 16.6. The molecule has 2 fully saturated rings. The van der Waals surface area contributed by atoms with Crippen molar-refractivity contribution in [2.45, 2.75) is 61.0 Å². The number of phenolic OH excluding ortho intramolecular Hbond substituents is 2. The zero-order chi connectivity index (χ0) is 31.3. The van der Waals surface area contributed by atoms with Crippen LogP contribution in [-0.4, -0.2) is 120 Å². The first kappa shape index (κ1) is 31.1. The van der Waals surface area contributed by atoms with E-state index in [4.69, 9.17) is 18.6 Å². The summed E-state index contributed by atoms with van der Waals surface area (Å²) in [7, 11) is 1.45. The van der Waals surface area contributed by atoms with Crippen molar-refractivity contribution < 1.29 is 69.7 Å². The molecule has 2 aromatic carbocycles. The minimum Gasteiger partial charge on any atom is -0.507 e. The summed E-state index contributed by atoms with van der Waals surface area (Å²) in [6.45, 7) is -1.68. The highest BCUT2D eigenvalue weighted by Gasteiger charge is 2.50. The van der Waals surface area contributed by atoms with Gasteiger partial charge in [0.2, 0.25) is 0 Å². The van der Waals surface area contributed by atoms with Crippen LogP contribution < -0.4 is 10.2 Å². The maximum absolute atomic E-state index is 13.5. The Morgan fingerprint density at radius 3 is 1.72 bits per heavy atom. The van der Waals surface area contributed by atoms with Crippen LogP contribution in [0.2, 0.25) is 0 Å². The lowest BCUT2D eigenvalue weighted by Crippen LogP contribution is -2.55. The highest BCUT2D eigenvalue weighted by Crippen LogP contribution is 2.51. The molecule has 3 heterocycles. The molecule has 15 nitrogen and oxygen atoms in total. The standard InChI is InChI=1S/C28H32O15/c1-40-10-4-2-9(3-5-10)12-6-11(31)15-20(34)16(27-24(38)22(36)18(32)13(7-29)42-27)21(35)17(26(15)41-12)28-25(39)23(37)19(33)14(8-30)43-28/h2-6,13-14,18-19,22-25,27-30,32-39H,7-8H2,1H3/t13-,14+,18+,19+,22-,23-,24-,25+,27+,28+/m0/s1. The van der Waals surface area contributed by atoms with Crippen molar-refractivity contribution in [2.75, 3.05) is 20.3 Å². The first-order valence-electron chi connectivity index (χ1n) is 13.3. The normalized spacial score (nSPS) is 33.0. The summed E-state index contributed by atoms with van der Waals surface area (Å²) in [5, 5.41) is 105. The van der Waals surface area contributed by atoms with Gasteiger partial charge in [-0.3, -0.25) is 4.79 Å². The van der Waals surface area contributed by atoms with E-state index in [1.807, 2.05) is 0 Å². The number of hydrogen-bond acceptors (Lipinski definition) is 15. The Bertz CT molecular complexity index is 1520. The highest BCUT2D eigenvalue weighted by molar-refractivity contribution is 5.92. The van der Waals surface area contributed by atoms with Crippen molar-refractivity contribution in [1.29, 1.82) is 0 Å². The van der Waals surface area contributed by atoms with Crippen molar-refractivity contribution in [3.63, 3.8) is 0 Å². The second kappa shape index (κ2) is 12.0. The summed E-state index contributed by atoms with van der Waals surface area (Å²) in [6, 6.07) is 7.29. The third-order valence-electron chi connectivity index (χ3n) is 7.92. The van der Waals surface area contributed by atoms with E-state index >= 15 is 0 Å². The summed E-state index contributed by atoms with van der Waals surface area (Å²) in [6.07, 6.45) is -18.0. The minimum atomic E-state index is -2.01. The SMILES string of the molecule is COc1ccc(-c2cc(=O)c3c(O)c([C@H]4O[C@@H](CO)[C@@H](O)[C@H](O)[C@@H]4O)c(O)c([C@H]4O[C@H](CO)[C@@H](O)[C@H](O)[C@H]4O)c3o2)cc1. The Morgan fingerprint density at radius 2 is 1.23 bits per heavy atom. The van der Waals surface area contributed by atoms with Gasteiger partial charge in [-0.1, -0.05) is 0 Å². The molecule has 2 saturated heterocycles. The Kier molecular flexibility index (Phi) is 8.65. The first-order valence-corrected chi connectivity index (χ1v) is 13.3. The number of rotatable bonds is 6. The molecule has 10 N–H and O–H groups in total. The fraction of sp³-hybridized carbons (Fsp3) is 0.464. The van der Waals surface area contributed by atoms with E-state index in [1.165, 1.54) is 7.11 Å². The largest absolute Gasteiger partial charge is 0.507 e. The van der Waals surface area contributed by atoms with Gasteiger partial charge >= 0.3 is 0 Å². The van der Waals surface area contributed by atoms with Crippen LogP contribution in [0.5, 0.6) is 17.2 Å². The van der Waals surface area contributed by atoms with Gasteiger partial charge in [0.25, 0.3) is 0 Å². The second-order valence-electron chi connectivity index (χ2n) is 10.4. The van der Waals surface area contributed by atoms with Crippen LogP contribution in [-0.2, 0) is 9.47 Å². The van der Waals surface area contributed by atoms with E-state index in [9.17, 15) is 55.9 Å². The van der Waals surface area contributed by atoms with Gasteiger partial charge in [0.15, 0.2) is 11.0 Å². The van der Waals surface area contributed by atoms with Crippen LogP contribution in [0.1, 0.15) is 23.3 Å². The number of aliphatic hydroxyl groups is 8. The quantitative estimate of drug-likeness (QED) is 0.144. The molecule has 0 saturated carbocycles. The predicted octanol–water partition coefficient (Wildman–Crippen LogP) is -2.09. The van der Waals surface area contributed by atoms with Crippen LogP contribution in [0.4, 0.5) is 0 Å². The zero-order valence-corrected chi connectivity index (χ0v) is 22.6. The average Bonchev–Trinajstić information content (AvgIpc) is 3.00. The van der Waals surface area contributed by atoms with Gasteiger partial charge in [-0.05, 0) is 24.3 Å². The van der Waals surface area contributed by atoms with Gasteiger partial charge in [0, 0.05) is 11.6 Å². The lowest BCUT2D eigenvalue weighted by Gasteiger charge is -2.42. The summed E-state index contributed by atoms with van der Waals surface area (Å²) in [5.74, 6) is -1.51. The maximum Gasteiger partial charge on any atom is 0.197 e. The molecule has 3 aromatic rings. The Balaban J connectivity index is 1.80. The van der Waals surface area contributed by atoms with Gasteiger partial charge < -0.3 is 69.7 Å². The fourth-order valence-electron chi connectivity index (χ4n) is 5.52. The molecule has 0 spiro atoms. The van der Waals surface area contributed by atoms with E-state index in [-0.39, 0.29) is 5.76 Å². The lowest BCUT2D eigenvalue weighted by atomic mass is 9.85. The van der Waals surface area contributed by atoms with Gasteiger partial charge in [0.05, 0.1) is 31.5 Å². The number of phenols is 2. The summed E-state index contributed by atoms with van der Waals surface area (Å²) >= 11 is 0. The van der Waals surface area contributed by atoms with Gasteiger partial charge in [-0.15, -0.1) is 0 Å². The van der Waals surface area contributed by atoms with Crippen molar-refractivity contribution in [3.8, 4) is 28.6 Å². The molecule has 0 amide bonds. The Labute approximate surface area is 242 Å². The predicted molar refractivity (Wildman–Crippen MR) is 143 cm³/mol. The van der Waals surface area contributed by atoms with Crippen molar-refractivity contribution in [1.82, 2.24) is 0 Å². The second-order valence-corrected chi connectivity index (χ2v) is 10.4. The molecule has 15 heteroatoms. The number of aliphatic hydroxyl groups excluding tert-OH is 8. The van der Waals surface area contributed by atoms with E-state index in [0.29, 0.717) is 11.3 Å². The molecule has 0 unspecified atom stereocenters. The number of ether oxygens (including phenoxy) is 3. The van der Waals surface area contributed by atoms with Gasteiger partial charge in [-0.25, -0.2) is 0 Å². The fourth-order valence-corrected chi connectivity index (χ4v) is 5.52. The van der Waals surface area contributed by atoms with Crippen LogP contribution in [0.3, 0.4) is 0 Å². The van der Waals surface area contributed by atoms with E-state index in [0.717, 1.165) is 6.07 Å². The molecule has 0 bridgehead atoms. The smallest absolute Gasteiger partial charge is 0.197 e. The van der Waals surface area contributed by atoms with Gasteiger partial charge in [-0.2, -0.15) is 0 Å². The Hall–Kier alpha value is -3.35. The Morgan fingerprint density at radius 1 is 0.721 bits per heavy atom. The lowest BCUT2D eigenvalue weighted by molar-refractivity contribution is -0.234. The molecular weight excluding hydrogens is 576 g/mol. The number of aromatic hydroxyl groups is 2. The van der Waals surface area contributed by atoms with Crippen LogP contribution in [0.25, 0.3) is 22.3 Å². The molecule has 2 aliphatic heterocycles. The molecule has 43 heavy (non-hydrogen) atoms. The number of methoxy groups -OCH3 is 1. The van der Waals surface area contributed by atoms with Crippen molar-refractivity contribution in [2.24, 2.45) is 0 Å². The summed E-state index contributed by atoms with van der Waals surface area (Å²) in [5.41, 5.74) is -2.27. The van der Waals surface area contributed by atoms with E-state index in [1.54, 1.807) is 24.3 Å².